The van der Waals surface area contributed by atoms with Crippen LogP contribution in [0.3, 0.4) is 0 Å². The standard InChI is InChI=1S/C22H21BrO2/c1-4-15-9-11-17(14(2)3)20(13-15)25-22(24)19-12-10-16-7-5-6-8-18(16)21(19)23/h5-14H,4H2,1-3H3. The van der Waals surface area contributed by atoms with Crippen molar-refractivity contribution in [3.63, 3.8) is 0 Å². The Morgan fingerprint density at radius 2 is 1.84 bits per heavy atom. The van der Waals surface area contributed by atoms with Gasteiger partial charge >= 0.3 is 5.97 Å². The van der Waals surface area contributed by atoms with E-state index in [0.29, 0.717) is 11.3 Å². The Hall–Kier alpha value is -2.13. The van der Waals surface area contributed by atoms with E-state index in [0.717, 1.165) is 32.8 Å². The summed E-state index contributed by atoms with van der Waals surface area (Å²) in [4.78, 5) is 12.8. The summed E-state index contributed by atoms with van der Waals surface area (Å²) in [6, 6.07) is 17.9. The van der Waals surface area contributed by atoms with E-state index < -0.39 is 0 Å². The summed E-state index contributed by atoms with van der Waals surface area (Å²) in [5, 5.41) is 2.09. The second-order valence-electron chi connectivity index (χ2n) is 6.42. The van der Waals surface area contributed by atoms with Crippen molar-refractivity contribution in [3.8, 4) is 5.75 Å². The van der Waals surface area contributed by atoms with Crippen molar-refractivity contribution in [2.24, 2.45) is 0 Å². The normalized spacial score (nSPS) is 11.1. The van der Waals surface area contributed by atoms with Gasteiger partial charge in [0.2, 0.25) is 0 Å². The maximum Gasteiger partial charge on any atom is 0.344 e. The molecule has 0 unspecified atom stereocenters. The smallest absolute Gasteiger partial charge is 0.344 e. The van der Waals surface area contributed by atoms with Gasteiger partial charge in [0.1, 0.15) is 5.75 Å². The minimum absolute atomic E-state index is 0.286. The van der Waals surface area contributed by atoms with Crippen LogP contribution in [0.2, 0.25) is 0 Å². The van der Waals surface area contributed by atoms with E-state index in [9.17, 15) is 4.79 Å². The molecule has 0 aromatic heterocycles. The molecule has 0 aliphatic rings. The van der Waals surface area contributed by atoms with Crippen LogP contribution in [0.4, 0.5) is 0 Å². The molecule has 0 amide bonds. The lowest BCUT2D eigenvalue weighted by Gasteiger charge is -2.15. The first-order valence-corrected chi connectivity index (χ1v) is 9.32. The summed E-state index contributed by atoms with van der Waals surface area (Å²) in [6.45, 7) is 6.30. The molecule has 0 saturated carbocycles. The predicted molar refractivity (Wildman–Crippen MR) is 107 cm³/mol. The van der Waals surface area contributed by atoms with Crippen LogP contribution in [0.15, 0.2) is 59.1 Å². The summed E-state index contributed by atoms with van der Waals surface area (Å²) < 4.78 is 6.57. The van der Waals surface area contributed by atoms with Gasteiger partial charge in [0, 0.05) is 4.47 Å². The predicted octanol–water partition coefficient (Wildman–Crippen LogP) is 6.51. The maximum atomic E-state index is 12.8. The van der Waals surface area contributed by atoms with Crippen molar-refractivity contribution in [3.05, 3.63) is 75.8 Å². The molecule has 2 nitrogen and oxygen atoms in total. The molecule has 0 atom stereocenters. The molecule has 0 fully saturated rings. The molecular weight excluding hydrogens is 376 g/mol. The molecule has 0 heterocycles. The number of ether oxygens (including phenoxy) is 1. The molecule has 3 aromatic carbocycles. The quantitative estimate of drug-likeness (QED) is 0.371. The molecule has 3 rings (SSSR count). The van der Waals surface area contributed by atoms with Crippen molar-refractivity contribution in [1.82, 2.24) is 0 Å². The average molecular weight is 397 g/mol. The summed E-state index contributed by atoms with van der Waals surface area (Å²) in [5.41, 5.74) is 2.74. The summed E-state index contributed by atoms with van der Waals surface area (Å²) in [5.74, 6) is 0.598. The van der Waals surface area contributed by atoms with Crippen LogP contribution in [0.5, 0.6) is 5.75 Å². The van der Waals surface area contributed by atoms with Gasteiger partial charge < -0.3 is 4.74 Å². The Kier molecular flexibility index (Phi) is 5.24. The molecule has 25 heavy (non-hydrogen) atoms. The lowest BCUT2D eigenvalue weighted by atomic mass is 9.99. The van der Waals surface area contributed by atoms with Crippen LogP contribution in [-0.4, -0.2) is 5.97 Å². The molecule has 0 saturated heterocycles. The lowest BCUT2D eigenvalue weighted by molar-refractivity contribution is 0.0732. The van der Waals surface area contributed by atoms with Gasteiger partial charge in [-0.2, -0.15) is 0 Å². The van der Waals surface area contributed by atoms with E-state index in [-0.39, 0.29) is 11.9 Å². The van der Waals surface area contributed by atoms with Crippen LogP contribution in [0.1, 0.15) is 48.2 Å². The Balaban J connectivity index is 1.99. The van der Waals surface area contributed by atoms with Gasteiger partial charge in [-0.25, -0.2) is 4.79 Å². The number of esters is 1. The lowest BCUT2D eigenvalue weighted by Crippen LogP contribution is -2.11. The molecule has 3 heteroatoms. The van der Waals surface area contributed by atoms with Crippen LogP contribution in [0, 0.1) is 0 Å². The van der Waals surface area contributed by atoms with E-state index in [1.807, 2.05) is 42.5 Å². The third-order valence-corrected chi connectivity index (χ3v) is 5.25. The minimum atomic E-state index is -0.340. The third kappa shape index (κ3) is 3.62. The fourth-order valence-corrected chi connectivity index (χ4v) is 3.57. The van der Waals surface area contributed by atoms with Gasteiger partial charge in [-0.3, -0.25) is 0 Å². The summed E-state index contributed by atoms with van der Waals surface area (Å²) in [7, 11) is 0. The number of rotatable bonds is 4. The van der Waals surface area contributed by atoms with Crippen molar-refractivity contribution in [1.29, 1.82) is 0 Å². The van der Waals surface area contributed by atoms with Crippen molar-refractivity contribution in [2.45, 2.75) is 33.1 Å². The SMILES string of the molecule is CCc1ccc(C(C)C)c(OC(=O)c2ccc3ccccc3c2Br)c1. The Bertz CT molecular complexity index is 928. The van der Waals surface area contributed by atoms with Crippen molar-refractivity contribution >= 4 is 32.7 Å². The Labute approximate surface area is 157 Å². The number of carbonyl (C=O) groups excluding carboxylic acids is 1. The van der Waals surface area contributed by atoms with Gasteiger partial charge in [-0.1, -0.05) is 63.2 Å². The van der Waals surface area contributed by atoms with Gasteiger partial charge in [0.15, 0.2) is 0 Å². The molecule has 0 bridgehead atoms. The first kappa shape index (κ1) is 17.7. The molecule has 0 aliphatic heterocycles. The topological polar surface area (TPSA) is 26.3 Å². The molecule has 0 aliphatic carbocycles. The highest BCUT2D eigenvalue weighted by molar-refractivity contribution is 9.10. The second kappa shape index (κ2) is 7.40. The Morgan fingerprint density at radius 3 is 2.56 bits per heavy atom. The van der Waals surface area contributed by atoms with E-state index in [1.165, 1.54) is 0 Å². The molecule has 0 spiro atoms. The Morgan fingerprint density at radius 1 is 1.08 bits per heavy atom. The first-order chi connectivity index (χ1) is 12.0. The zero-order valence-corrected chi connectivity index (χ0v) is 16.3. The first-order valence-electron chi connectivity index (χ1n) is 8.53. The third-order valence-electron chi connectivity index (χ3n) is 4.39. The van der Waals surface area contributed by atoms with E-state index >= 15 is 0 Å². The van der Waals surface area contributed by atoms with Gasteiger partial charge in [-0.05, 0) is 62.3 Å². The zero-order chi connectivity index (χ0) is 18.0. The maximum absolute atomic E-state index is 12.8. The highest BCUT2D eigenvalue weighted by Crippen LogP contribution is 2.31. The monoisotopic (exact) mass is 396 g/mol. The number of hydrogen-bond donors (Lipinski definition) is 0. The fourth-order valence-electron chi connectivity index (χ4n) is 2.91. The zero-order valence-electron chi connectivity index (χ0n) is 14.7. The largest absolute Gasteiger partial charge is 0.423 e. The minimum Gasteiger partial charge on any atom is -0.423 e. The highest BCUT2D eigenvalue weighted by atomic mass is 79.9. The fraction of sp³-hybridized carbons (Fsp3) is 0.227. The van der Waals surface area contributed by atoms with Crippen molar-refractivity contribution in [2.75, 3.05) is 0 Å². The molecule has 128 valence electrons. The van der Waals surface area contributed by atoms with E-state index in [1.54, 1.807) is 0 Å². The number of carbonyl (C=O) groups is 1. The summed E-state index contributed by atoms with van der Waals surface area (Å²) >= 11 is 3.57. The van der Waals surface area contributed by atoms with Crippen molar-refractivity contribution < 1.29 is 9.53 Å². The number of benzene rings is 3. The second-order valence-corrected chi connectivity index (χ2v) is 7.21. The molecule has 3 aromatic rings. The molecule has 0 N–H and O–H groups in total. The van der Waals surface area contributed by atoms with Crippen LogP contribution < -0.4 is 4.74 Å². The number of hydrogen-bond acceptors (Lipinski definition) is 2. The van der Waals surface area contributed by atoms with Gasteiger partial charge in [0.05, 0.1) is 5.56 Å². The highest BCUT2D eigenvalue weighted by Gasteiger charge is 2.17. The van der Waals surface area contributed by atoms with Crippen LogP contribution in [0.25, 0.3) is 10.8 Å². The number of aryl methyl sites for hydroxylation is 1. The summed E-state index contributed by atoms with van der Waals surface area (Å²) in [6.07, 6.45) is 0.905. The van der Waals surface area contributed by atoms with Gasteiger partial charge in [0.25, 0.3) is 0 Å². The number of halogens is 1. The number of fused-ring (bicyclic) bond motifs is 1. The molecular formula is C22H21BrO2. The van der Waals surface area contributed by atoms with Gasteiger partial charge in [-0.15, -0.1) is 0 Å². The van der Waals surface area contributed by atoms with Crippen LogP contribution in [-0.2, 0) is 6.42 Å². The molecule has 0 radical (unpaired) electrons. The average Bonchev–Trinajstić information content (AvgIpc) is 2.61. The van der Waals surface area contributed by atoms with E-state index in [4.69, 9.17) is 4.74 Å². The van der Waals surface area contributed by atoms with E-state index in [2.05, 4.69) is 48.8 Å². The van der Waals surface area contributed by atoms with Crippen LogP contribution >= 0.6 is 15.9 Å².